The summed E-state index contributed by atoms with van der Waals surface area (Å²) in [6.07, 6.45) is 5.71. The smallest absolute Gasteiger partial charge is 0.213 e. The molecule has 3 heteroatoms. The second-order valence-electron chi connectivity index (χ2n) is 6.41. The van der Waals surface area contributed by atoms with Crippen LogP contribution in [0.25, 0.3) is 11.1 Å². The van der Waals surface area contributed by atoms with Crippen LogP contribution in [0.2, 0.25) is 0 Å². The number of aryl methyl sites for hydroxylation is 1. The van der Waals surface area contributed by atoms with Gasteiger partial charge in [0.05, 0.1) is 6.61 Å². The lowest BCUT2D eigenvalue weighted by Gasteiger charge is -2.37. The van der Waals surface area contributed by atoms with Gasteiger partial charge in [-0.05, 0) is 49.1 Å². The van der Waals surface area contributed by atoms with E-state index in [0.717, 1.165) is 29.0 Å². The summed E-state index contributed by atoms with van der Waals surface area (Å²) in [7, 11) is 0. The second-order valence-corrected chi connectivity index (χ2v) is 6.41. The predicted molar refractivity (Wildman–Crippen MR) is 86.3 cm³/mol. The number of hydrogen-bond donors (Lipinski definition) is 1. The first kappa shape index (κ1) is 13.9. The third-order valence-electron chi connectivity index (χ3n) is 4.43. The maximum absolute atomic E-state index is 5.82. The maximum Gasteiger partial charge on any atom is 0.213 e. The molecule has 1 aliphatic rings. The first-order valence-corrected chi connectivity index (χ1v) is 7.51. The normalized spacial score (nSPS) is 16.3. The maximum atomic E-state index is 5.82. The van der Waals surface area contributed by atoms with E-state index in [4.69, 9.17) is 10.5 Å². The van der Waals surface area contributed by atoms with Gasteiger partial charge in [0.25, 0.3) is 0 Å². The van der Waals surface area contributed by atoms with E-state index in [0.29, 0.717) is 11.3 Å². The van der Waals surface area contributed by atoms with Crippen molar-refractivity contribution in [2.24, 2.45) is 5.41 Å². The van der Waals surface area contributed by atoms with Crippen molar-refractivity contribution in [3.63, 3.8) is 0 Å². The number of ether oxygens (including phenoxy) is 1. The summed E-state index contributed by atoms with van der Waals surface area (Å²) in [4.78, 5) is 4.43. The van der Waals surface area contributed by atoms with Gasteiger partial charge in [-0.15, -0.1) is 0 Å². The van der Waals surface area contributed by atoms with Crippen LogP contribution in [0.3, 0.4) is 0 Å². The van der Waals surface area contributed by atoms with Crippen molar-refractivity contribution in [1.82, 2.24) is 4.98 Å². The van der Waals surface area contributed by atoms with Gasteiger partial charge < -0.3 is 10.5 Å². The average Bonchev–Trinajstić information content (AvgIpc) is 2.44. The molecule has 1 fully saturated rings. The van der Waals surface area contributed by atoms with Crippen molar-refractivity contribution in [3.8, 4) is 17.0 Å². The number of aromatic nitrogens is 1. The minimum atomic E-state index is 0.355. The van der Waals surface area contributed by atoms with Crippen LogP contribution in [-0.4, -0.2) is 11.6 Å². The monoisotopic (exact) mass is 282 g/mol. The van der Waals surface area contributed by atoms with E-state index in [9.17, 15) is 0 Å². The Hall–Kier alpha value is -2.03. The van der Waals surface area contributed by atoms with Crippen LogP contribution in [-0.2, 0) is 0 Å². The Bertz CT molecular complexity index is 630. The number of hydrogen-bond acceptors (Lipinski definition) is 3. The molecule has 0 amide bonds. The molecule has 1 saturated carbocycles. The highest BCUT2D eigenvalue weighted by molar-refractivity contribution is 5.69. The predicted octanol–water partition coefficient (Wildman–Crippen LogP) is 4.21. The van der Waals surface area contributed by atoms with E-state index >= 15 is 0 Å². The lowest BCUT2D eigenvalue weighted by molar-refractivity contribution is 0.0749. The summed E-state index contributed by atoms with van der Waals surface area (Å²) in [6.45, 7) is 5.11. The first-order valence-electron chi connectivity index (χ1n) is 7.51. The van der Waals surface area contributed by atoms with Gasteiger partial charge in [-0.1, -0.05) is 19.4 Å². The van der Waals surface area contributed by atoms with Crippen LogP contribution in [0.15, 0.2) is 36.5 Å². The van der Waals surface area contributed by atoms with Crippen molar-refractivity contribution < 1.29 is 4.74 Å². The highest BCUT2D eigenvalue weighted by Crippen LogP contribution is 2.40. The Balaban J connectivity index is 1.71. The quantitative estimate of drug-likeness (QED) is 0.855. The van der Waals surface area contributed by atoms with E-state index in [1.807, 2.05) is 30.5 Å². The Morgan fingerprint density at radius 3 is 2.62 bits per heavy atom. The van der Waals surface area contributed by atoms with E-state index in [-0.39, 0.29) is 0 Å². The topological polar surface area (TPSA) is 48.1 Å². The lowest BCUT2D eigenvalue weighted by atomic mass is 9.71. The van der Waals surface area contributed by atoms with Crippen LogP contribution in [0.5, 0.6) is 5.88 Å². The number of nitrogen functional groups attached to an aromatic ring is 1. The molecule has 3 rings (SSSR count). The number of anilines is 1. The number of benzene rings is 1. The zero-order valence-corrected chi connectivity index (χ0v) is 12.7. The summed E-state index contributed by atoms with van der Waals surface area (Å²) in [5, 5.41) is 0. The molecule has 2 aromatic rings. The molecule has 0 unspecified atom stereocenters. The van der Waals surface area contributed by atoms with Crippen molar-refractivity contribution in [3.05, 3.63) is 42.1 Å². The highest BCUT2D eigenvalue weighted by Gasteiger charge is 2.32. The van der Waals surface area contributed by atoms with Crippen LogP contribution < -0.4 is 10.5 Å². The molecule has 110 valence electrons. The highest BCUT2D eigenvalue weighted by atomic mass is 16.5. The van der Waals surface area contributed by atoms with Gasteiger partial charge in [-0.25, -0.2) is 4.98 Å². The summed E-state index contributed by atoms with van der Waals surface area (Å²) in [6, 6.07) is 9.95. The summed E-state index contributed by atoms with van der Waals surface area (Å²) < 4.78 is 5.82. The molecule has 1 heterocycles. The largest absolute Gasteiger partial charge is 0.477 e. The third kappa shape index (κ3) is 3.02. The molecular formula is C18H22N2O. The van der Waals surface area contributed by atoms with E-state index in [2.05, 4.69) is 24.9 Å². The van der Waals surface area contributed by atoms with Crippen molar-refractivity contribution >= 4 is 5.69 Å². The molecule has 0 atom stereocenters. The second kappa shape index (κ2) is 5.40. The molecule has 0 spiro atoms. The first-order chi connectivity index (χ1) is 10.1. The number of nitrogens with two attached hydrogens (primary N) is 1. The minimum Gasteiger partial charge on any atom is -0.477 e. The van der Waals surface area contributed by atoms with Crippen molar-refractivity contribution in [2.75, 3.05) is 12.3 Å². The van der Waals surface area contributed by atoms with Gasteiger partial charge >= 0.3 is 0 Å². The lowest BCUT2D eigenvalue weighted by Crippen LogP contribution is -2.32. The molecule has 1 aliphatic carbocycles. The van der Waals surface area contributed by atoms with Gasteiger partial charge in [0.15, 0.2) is 0 Å². The van der Waals surface area contributed by atoms with Gasteiger partial charge in [0, 0.05) is 28.9 Å². The Kier molecular flexibility index (Phi) is 3.58. The Labute approximate surface area is 126 Å². The summed E-state index contributed by atoms with van der Waals surface area (Å²) in [5.41, 5.74) is 10.4. The third-order valence-corrected chi connectivity index (χ3v) is 4.43. The van der Waals surface area contributed by atoms with Gasteiger partial charge in [-0.3, -0.25) is 0 Å². The molecule has 1 aromatic carbocycles. The molecule has 3 nitrogen and oxygen atoms in total. The fourth-order valence-corrected chi connectivity index (χ4v) is 2.81. The van der Waals surface area contributed by atoms with Gasteiger partial charge in [0.2, 0.25) is 5.88 Å². The standard InChI is InChI=1S/C18H22N2O/c1-13-10-15(19)5-6-16(13)14-4-7-17(20-11-14)21-12-18(2)8-3-9-18/h4-7,10-11H,3,8-9,12,19H2,1-2H3. The summed E-state index contributed by atoms with van der Waals surface area (Å²) >= 11 is 0. The zero-order valence-electron chi connectivity index (χ0n) is 12.7. The van der Waals surface area contributed by atoms with Crippen molar-refractivity contribution in [2.45, 2.75) is 33.1 Å². The van der Waals surface area contributed by atoms with Crippen LogP contribution in [0.1, 0.15) is 31.7 Å². The average molecular weight is 282 g/mol. The van der Waals surface area contributed by atoms with E-state index in [1.165, 1.54) is 19.3 Å². The van der Waals surface area contributed by atoms with Gasteiger partial charge in [-0.2, -0.15) is 0 Å². The molecule has 1 aromatic heterocycles. The number of pyridine rings is 1. The number of rotatable bonds is 4. The fraction of sp³-hybridized carbons (Fsp3) is 0.389. The Morgan fingerprint density at radius 1 is 1.24 bits per heavy atom. The molecule has 0 radical (unpaired) electrons. The zero-order chi connectivity index (χ0) is 14.9. The number of nitrogens with zero attached hydrogens (tertiary/aromatic N) is 1. The molecule has 0 saturated heterocycles. The summed E-state index contributed by atoms with van der Waals surface area (Å²) in [5.74, 6) is 0.708. The van der Waals surface area contributed by atoms with E-state index < -0.39 is 0 Å². The van der Waals surface area contributed by atoms with E-state index in [1.54, 1.807) is 0 Å². The molecule has 0 aliphatic heterocycles. The molecule has 2 N–H and O–H groups in total. The molecular weight excluding hydrogens is 260 g/mol. The van der Waals surface area contributed by atoms with Crippen LogP contribution in [0, 0.1) is 12.3 Å². The minimum absolute atomic E-state index is 0.355. The SMILES string of the molecule is Cc1cc(N)ccc1-c1ccc(OCC2(C)CCC2)nc1. The Morgan fingerprint density at radius 2 is 2.05 bits per heavy atom. The van der Waals surface area contributed by atoms with Crippen LogP contribution >= 0.6 is 0 Å². The fourth-order valence-electron chi connectivity index (χ4n) is 2.81. The molecule has 0 bridgehead atoms. The van der Waals surface area contributed by atoms with Crippen molar-refractivity contribution in [1.29, 1.82) is 0 Å². The molecule has 21 heavy (non-hydrogen) atoms. The van der Waals surface area contributed by atoms with Crippen LogP contribution in [0.4, 0.5) is 5.69 Å². The van der Waals surface area contributed by atoms with Gasteiger partial charge in [0.1, 0.15) is 0 Å².